The van der Waals surface area contributed by atoms with E-state index in [1.807, 2.05) is 12.1 Å². The molecule has 0 heterocycles. The molecule has 1 aliphatic carbocycles. The summed E-state index contributed by atoms with van der Waals surface area (Å²) >= 11 is 6.19. The minimum atomic E-state index is 0.622. The van der Waals surface area contributed by atoms with Crippen LogP contribution < -0.4 is 4.90 Å². The van der Waals surface area contributed by atoms with Crippen LogP contribution in [0.2, 0.25) is 5.02 Å². The first-order valence-corrected chi connectivity index (χ1v) is 6.07. The van der Waals surface area contributed by atoms with Crippen molar-refractivity contribution in [1.29, 1.82) is 5.26 Å². The van der Waals surface area contributed by atoms with Crippen molar-refractivity contribution in [1.82, 2.24) is 0 Å². The lowest BCUT2D eigenvalue weighted by molar-refractivity contribution is 0.742. The Hall–Kier alpha value is -1.20. The third kappa shape index (κ3) is 2.48. The summed E-state index contributed by atoms with van der Waals surface area (Å²) in [5.41, 5.74) is 1.67. The molecule has 0 bridgehead atoms. The van der Waals surface area contributed by atoms with Crippen LogP contribution in [0.25, 0.3) is 0 Å². The van der Waals surface area contributed by atoms with E-state index in [9.17, 15) is 0 Å². The topological polar surface area (TPSA) is 27.0 Å². The van der Waals surface area contributed by atoms with Gasteiger partial charge in [0.1, 0.15) is 0 Å². The molecule has 1 aromatic carbocycles. The van der Waals surface area contributed by atoms with E-state index in [0.29, 0.717) is 10.6 Å². The zero-order valence-corrected chi connectivity index (χ0v) is 10.2. The van der Waals surface area contributed by atoms with Gasteiger partial charge in [-0.15, -0.1) is 0 Å². The normalized spacial score (nSPS) is 14.6. The van der Waals surface area contributed by atoms with Crippen LogP contribution in [0, 0.1) is 17.2 Å². The number of hydrogen-bond acceptors (Lipinski definition) is 2. The molecule has 0 amide bonds. The fraction of sp³-hybridized carbons (Fsp3) is 0.462. The molecule has 16 heavy (non-hydrogen) atoms. The summed E-state index contributed by atoms with van der Waals surface area (Å²) in [4.78, 5) is 2.29. The molecule has 1 fully saturated rings. The van der Waals surface area contributed by atoms with Crippen LogP contribution in [0.15, 0.2) is 18.2 Å². The molecular formula is C13H15ClN2. The van der Waals surface area contributed by atoms with Crippen LogP contribution in [0.3, 0.4) is 0 Å². The van der Waals surface area contributed by atoms with Crippen LogP contribution in [-0.4, -0.2) is 13.1 Å². The van der Waals surface area contributed by atoms with Crippen molar-refractivity contribution in [3.8, 4) is 6.07 Å². The largest absolute Gasteiger partial charge is 0.370 e. The standard InChI is InChI=1S/C13H15ClN2/c1-2-16(9-10-3-4-10)13-6-5-11(8-15)7-12(13)14/h5-7,10H,2-4,9H2,1H3. The fourth-order valence-corrected chi connectivity index (χ4v) is 2.14. The second-order valence-corrected chi connectivity index (χ2v) is 4.67. The van der Waals surface area contributed by atoms with Crippen molar-refractivity contribution in [2.45, 2.75) is 19.8 Å². The highest BCUT2D eigenvalue weighted by molar-refractivity contribution is 6.33. The summed E-state index contributed by atoms with van der Waals surface area (Å²) < 4.78 is 0. The van der Waals surface area contributed by atoms with E-state index in [4.69, 9.17) is 16.9 Å². The molecule has 0 aromatic heterocycles. The molecule has 1 saturated carbocycles. The highest BCUT2D eigenvalue weighted by Crippen LogP contribution is 2.33. The van der Waals surface area contributed by atoms with Crippen molar-refractivity contribution >= 4 is 17.3 Å². The van der Waals surface area contributed by atoms with E-state index in [-0.39, 0.29) is 0 Å². The van der Waals surface area contributed by atoms with Crippen LogP contribution in [-0.2, 0) is 0 Å². The van der Waals surface area contributed by atoms with Crippen molar-refractivity contribution in [3.05, 3.63) is 28.8 Å². The lowest BCUT2D eigenvalue weighted by Gasteiger charge is -2.24. The third-order valence-corrected chi connectivity index (χ3v) is 3.28. The number of anilines is 1. The Morgan fingerprint density at radius 2 is 2.25 bits per heavy atom. The van der Waals surface area contributed by atoms with Crippen molar-refractivity contribution < 1.29 is 0 Å². The van der Waals surface area contributed by atoms with Crippen molar-refractivity contribution in [3.63, 3.8) is 0 Å². The minimum Gasteiger partial charge on any atom is -0.370 e. The Bertz CT molecular complexity index is 418. The number of benzene rings is 1. The van der Waals surface area contributed by atoms with E-state index in [0.717, 1.165) is 24.7 Å². The maximum atomic E-state index is 8.78. The van der Waals surface area contributed by atoms with E-state index in [1.54, 1.807) is 6.07 Å². The molecular weight excluding hydrogens is 220 g/mol. The summed E-state index contributed by atoms with van der Waals surface area (Å²) in [6.07, 6.45) is 2.68. The predicted octanol–water partition coefficient (Wildman–Crippen LogP) is 3.45. The first-order chi connectivity index (χ1) is 7.74. The fourth-order valence-electron chi connectivity index (χ4n) is 1.84. The van der Waals surface area contributed by atoms with Crippen LogP contribution in [0.1, 0.15) is 25.3 Å². The molecule has 0 unspecified atom stereocenters. The van der Waals surface area contributed by atoms with Gasteiger partial charge in [-0.25, -0.2) is 0 Å². The lowest BCUT2D eigenvalue weighted by Crippen LogP contribution is -2.25. The van der Waals surface area contributed by atoms with Gasteiger partial charge in [0.25, 0.3) is 0 Å². The molecule has 0 N–H and O–H groups in total. The zero-order chi connectivity index (χ0) is 11.5. The first kappa shape index (κ1) is 11.3. The molecule has 84 valence electrons. The molecule has 1 aromatic rings. The summed E-state index contributed by atoms with van der Waals surface area (Å²) in [5.74, 6) is 0.840. The minimum absolute atomic E-state index is 0.622. The van der Waals surface area contributed by atoms with Gasteiger partial charge in [0.15, 0.2) is 0 Å². The van der Waals surface area contributed by atoms with E-state index >= 15 is 0 Å². The highest BCUT2D eigenvalue weighted by atomic mass is 35.5. The number of nitrogens with zero attached hydrogens (tertiary/aromatic N) is 2. The van der Waals surface area contributed by atoms with Gasteiger partial charge in [0.2, 0.25) is 0 Å². The Labute approximate surface area is 101 Å². The predicted molar refractivity (Wildman–Crippen MR) is 66.8 cm³/mol. The number of hydrogen-bond donors (Lipinski definition) is 0. The van der Waals surface area contributed by atoms with Crippen LogP contribution in [0.5, 0.6) is 0 Å². The molecule has 2 rings (SSSR count). The van der Waals surface area contributed by atoms with Gasteiger partial charge in [0.05, 0.1) is 22.3 Å². The second kappa shape index (κ2) is 4.76. The molecule has 0 spiro atoms. The van der Waals surface area contributed by atoms with Crippen LogP contribution in [0.4, 0.5) is 5.69 Å². The van der Waals surface area contributed by atoms with Gasteiger partial charge in [-0.1, -0.05) is 11.6 Å². The molecule has 2 nitrogen and oxygen atoms in total. The van der Waals surface area contributed by atoms with E-state index in [2.05, 4.69) is 17.9 Å². The van der Waals surface area contributed by atoms with E-state index in [1.165, 1.54) is 12.8 Å². The Balaban J connectivity index is 2.20. The van der Waals surface area contributed by atoms with Gasteiger partial charge in [-0.05, 0) is 43.9 Å². The first-order valence-electron chi connectivity index (χ1n) is 5.69. The average Bonchev–Trinajstić information content (AvgIpc) is 3.10. The van der Waals surface area contributed by atoms with Crippen molar-refractivity contribution in [2.24, 2.45) is 5.92 Å². The molecule has 0 aliphatic heterocycles. The molecule has 3 heteroatoms. The van der Waals surface area contributed by atoms with Gasteiger partial charge in [-0.3, -0.25) is 0 Å². The van der Waals surface area contributed by atoms with Gasteiger partial charge < -0.3 is 4.90 Å². The SMILES string of the molecule is CCN(CC1CC1)c1ccc(C#N)cc1Cl. The Morgan fingerprint density at radius 1 is 1.50 bits per heavy atom. The summed E-state index contributed by atoms with van der Waals surface area (Å²) in [7, 11) is 0. The highest BCUT2D eigenvalue weighted by Gasteiger charge is 2.24. The van der Waals surface area contributed by atoms with Crippen LogP contribution >= 0.6 is 11.6 Å². The maximum absolute atomic E-state index is 8.78. The summed E-state index contributed by atoms with van der Waals surface area (Å²) in [5, 5.41) is 9.46. The maximum Gasteiger partial charge on any atom is 0.0992 e. The van der Waals surface area contributed by atoms with Gasteiger partial charge in [-0.2, -0.15) is 5.26 Å². The molecule has 0 saturated heterocycles. The average molecular weight is 235 g/mol. The second-order valence-electron chi connectivity index (χ2n) is 4.26. The number of nitriles is 1. The number of halogens is 1. The van der Waals surface area contributed by atoms with Gasteiger partial charge in [0, 0.05) is 13.1 Å². The lowest BCUT2D eigenvalue weighted by atomic mass is 10.2. The van der Waals surface area contributed by atoms with E-state index < -0.39 is 0 Å². The quantitative estimate of drug-likeness (QED) is 0.798. The summed E-state index contributed by atoms with van der Waals surface area (Å²) in [6, 6.07) is 7.63. The number of rotatable bonds is 4. The molecule has 0 radical (unpaired) electrons. The Morgan fingerprint density at radius 3 is 2.75 bits per heavy atom. The molecule has 1 aliphatic rings. The molecule has 0 atom stereocenters. The van der Waals surface area contributed by atoms with Gasteiger partial charge >= 0.3 is 0 Å². The summed E-state index contributed by atoms with van der Waals surface area (Å²) in [6.45, 7) is 4.18. The monoisotopic (exact) mass is 234 g/mol. The Kier molecular flexibility index (Phi) is 3.36. The van der Waals surface area contributed by atoms with Crippen molar-refractivity contribution in [2.75, 3.05) is 18.0 Å². The zero-order valence-electron chi connectivity index (χ0n) is 9.41. The third-order valence-electron chi connectivity index (χ3n) is 2.97. The smallest absolute Gasteiger partial charge is 0.0992 e.